The van der Waals surface area contributed by atoms with E-state index < -0.39 is 0 Å². The van der Waals surface area contributed by atoms with Crippen molar-refractivity contribution in [1.29, 1.82) is 0 Å². The molecule has 0 aromatic heterocycles. The highest BCUT2D eigenvalue weighted by Crippen LogP contribution is 2.34. The maximum absolute atomic E-state index is 5.48. The molecule has 1 fully saturated rings. The zero-order chi connectivity index (χ0) is 7.56. The van der Waals surface area contributed by atoms with Gasteiger partial charge in [-0.15, -0.1) is 0 Å². The van der Waals surface area contributed by atoms with Crippen molar-refractivity contribution in [2.45, 2.75) is 18.9 Å². The van der Waals surface area contributed by atoms with Crippen molar-refractivity contribution in [2.75, 3.05) is 13.7 Å². The first-order valence-electron chi connectivity index (χ1n) is 3.67. The number of ether oxygens (including phenoxy) is 1. The number of allylic oxidation sites excluding steroid dienone is 1. The van der Waals surface area contributed by atoms with E-state index in [0.29, 0.717) is 12.5 Å². The Morgan fingerprint density at radius 2 is 2.40 bits per heavy atom. The normalized spacial score (nSPS) is 22.4. The zero-order valence-corrected chi connectivity index (χ0v) is 6.47. The van der Waals surface area contributed by atoms with Crippen molar-refractivity contribution in [1.82, 2.24) is 0 Å². The van der Waals surface area contributed by atoms with E-state index in [9.17, 15) is 0 Å². The predicted octanol–water partition coefficient (Wildman–Crippen LogP) is 0.926. The van der Waals surface area contributed by atoms with Crippen LogP contribution in [-0.4, -0.2) is 19.8 Å². The minimum absolute atomic E-state index is 0.255. The Kier molecular flexibility index (Phi) is 2.46. The lowest BCUT2D eigenvalue weighted by molar-refractivity contribution is 0.0436. The Hall–Kier alpha value is -0.340. The van der Waals surface area contributed by atoms with Gasteiger partial charge in [-0.25, -0.2) is 0 Å². The fraction of sp³-hybridized carbons (Fsp3) is 0.750. The van der Waals surface area contributed by atoms with E-state index in [-0.39, 0.29) is 6.10 Å². The lowest BCUT2D eigenvalue weighted by atomic mass is 9.77. The van der Waals surface area contributed by atoms with Crippen LogP contribution < -0.4 is 5.73 Å². The molecule has 0 amide bonds. The van der Waals surface area contributed by atoms with E-state index in [0.717, 1.165) is 12.8 Å². The molecule has 2 N–H and O–H groups in total. The SMILES string of the molecule is C=C1CC(C(CN)OC)C1. The summed E-state index contributed by atoms with van der Waals surface area (Å²) in [4.78, 5) is 0. The van der Waals surface area contributed by atoms with Gasteiger partial charge in [-0.2, -0.15) is 0 Å². The van der Waals surface area contributed by atoms with Crippen molar-refractivity contribution in [2.24, 2.45) is 11.7 Å². The van der Waals surface area contributed by atoms with Crippen LogP contribution in [0.2, 0.25) is 0 Å². The molecule has 1 aliphatic carbocycles. The van der Waals surface area contributed by atoms with Gasteiger partial charge in [0.2, 0.25) is 0 Å². The second-order valence-corrected chi connectivity index (χ2v) is 2.93. The smallest absolute Gasteiger partial charge is 0.0727 e. The average Bonchev–Trinajstić information content (AvgIpc) is 1.87. The number of methoxy groups -OCH3 is 1. The van der Waals surface area contributed by atoms with Gasteiger partial charge >= 0.3 is 0 Å². The van der Waals surface area contributed by atoms with Crippen molar-refractivity contribution in [3.05, 3.63) is 12.2 Å². The number of rotatable bonds is 3. The summed E-state index contributed by atoms with van der Waals surface area (Å²) in [6, 6.07) is 0. The molecule has 0 spiro atoms. The molecular formula is C8H15NO. The lowest BCUT2D eigenvalue weighted by Crippen LogP contribution is -2.35. The molecule has 0 bridgehead atoms. The first-order chi connectivity index (χ1) is 4.77. The molecule has 0 saturated heterocycles. The van der Waals surface area contributed by atoms with Crippen LogP contribution in [0.15, 0.2) is 12.2 Å². The van der Waals surface area contributed by atoms with Gasteiger partial charge in [0.25, 0.3) is 0 Å². The van der Waals surface area contributed by atoms with Gasteiger partial charge in [0.15, 0.2) is 0 Å². The summed E-state index contributed by atoms with van der Waals surface area (Å²) >= 11 is 0. The minimum atomic E-state index is 0.255. The van der Waals surface area contributed by atoms with E-state index in [1.54, 1.807) is 7.11 Å². The highest BCUT2D eigenvalue weighted by molar-refractivity contribution is 5.09. The molecule has 1 aliphatic rings. The summed E-state index contributed by atoms with van der Waals surface area (Å²) in [6.45, 7) is 4.50. The molecule has 0 aromatic carbocycles. The molecule has 0 aromatic rings. The van der Waals surface area contributed by atoms with Crippen LogP contribution in [0.3, 0.4) is 0 Å². The molecular weight excluding hydrogens is 126 g/mol. The van der Waals surface area contributed by atoms with Crippen LogP contribution in [0.25, 0.3) is 0 Å². The minimum Gasteiger partial charge on any atom is -0.380 e. The molecule has 1 saturated carbocycles. The molecule has 0 radical (unpaired) electrons. The first-order valence-corrected chi connectivity index (χ1v) is 3.67. The van der Waals surface area contributed by atoms with Gasteiger partial charge in [0.1, 0.15) is 0 Å². The van der Waals surface area contributed by atoms with Gasteiger partial charge in [0.05, 0.1) is 6.10 Å². The molecule has 1 unspecified atom stereocenters. The van der Waals surface area contributed by atoms with Crippen LogP contribution in [0.4, 0.5) is 0 Å². The van der Waals surface area contributed by atoms with Crippen molar-refractivity contribution >= 4 is 0 Å². The van der Waals surface area contributed by atoms with E-state index in [1.807, 2.05) is 0 Å². The Balaban J connectivity index is 2.27. The molecule has 1 rings (SSSR count). The van der Waals surface area contributed by atoms with E-state index >= 15 is 0 Å². The monoisotopic (exact) mass is 141 g/mol. The highest BCUT2D eigenvalue weighted by atomic mass is 16.5. The molecule has 0 aliphatic heterocycles. The Morgan fingerprint density at radius 3 is 2.70 bits per heavy atom. The van der Waals surface area contributed by atoms with Crippen LogP contribution in [0.5, 0.6) is 0 Å². The third-order valence-electron chi connectivity index (χ3n) is 2.16. The van der Waals surface area contributed by atoms with Gasteiger partial charge in [-0.1, -0.05) is 12.2 Å². The van der Waals surface area contributed by atoms with Crippen LogP contribution >= 0.6 is 0 Å². The topological polar surface area (TPSA) is 35.2 Å². The number of nitrogens with two attached hydrogens (primary N) is 1. The van der Waals surface area contributed by atoms with Gasteiger partial charge in [-0.3, -0.25) is 0 Å². The lowest BCUT2D eigenvalue weighted by Gasteiger charge is -2.33. The Labute approximate surface area is 62.1 Å². The summed E-state index contributed by atoms with van der Waals surface area (Å²) in [7, 11) is 1.72. The molecule has 2 heteroatoms. The molecule has 10 heavy (non-hydrogen) atoms. The first kappa shape index (κ1) is 7.76. The fourth-order valence-electron chi connectivity index (χ4n) is 1.43. The summed E-state index contributed by atoms with van der Waals surface area (Å²) in [5.41, 5.74) is 6.82. The largest absolute Gasteiger partial charge is 0.380 e. The highest BCUT2D eigenvalue weighted by Gasteiger charge is 2.28. The Bertz CT molecular complexity index is 121. The fourth-order valence-corrected chi connectivity index (χ4v) is 1.43. The van der Waals surface area contributed by atoms with Crippen molar-refractivity contribution in [3.8, 4) is 0 Å². The second kappa shape index (κ2) is 3.17. The van der Waals surface area contributed by atoms with E-state index in [1.165, 1.54) is 5.57 Å². The second-order valence-electron chi connectivity index (χ2n) is 2.93. The number of hydrogen-bond donors (Lipinski definition) is 1. The van der Waals surface area contributed by atoms with Crippen molar-refractivity contribution in [3.63, 3.8) is 0 Å². The predicted molar refractivity (Wildman–Crippen MR) is 41.7 cm³/mol. The zero-order valence-electron chi connectivity index (χ0n) is 6.47. The third kappa shape index (κ3) is 1.39. The van der Waals surface area contributed by atoms with Crippen LogP contribution in [0, 0.1) is 5.92 Å². The summed E-state index contributed by atoms with van der Waals surface area (Å²) in [6.07, 6.45) is 2.47. The van der Waals surface area contributed by atoms with Gasteiger partial charge in [0, 0.05) is 13.7 Å². The summed E-state index contributed by atoms with van der Waals surface area (Å²) in [5.74, 6) is 0.641. The molecule has 58 valence electrons. The van der Waals surface area contributed by atoms with Gasteiger partial charge in [-0.05, 0) is 18.8 Å². The van der Waals surface area contributed by atoms with Crippen LogP contribution in [0.1, 0.15) is 12.8 Å². The van der Waals surface area contributed by atoms with Gasteiger partial charge < -0.3 is 10.5 Å². The quantitative estimate of drug-likeness (QED) is 0.593. The number of hydrogen-bond acceptors (Lipinski definition) is 2. The molecule has 1 atom stereocenters. The van der Waals surface area contributed by atoms with E-state index in [2.05, 4.69) is 6.58 Å². The average molecular weight is 141 g/mol. The van der Waals surface area contributed by atoms with Crippen molar-refractivity contribution < 1.29 is 4.74 Å². The standard InChI is InChI=1S/C8H15NO/c1-6-3-7(4-6)8(5-9)10-2/h7-8H,1,3-5,9H2,2H3. The summed E-state index contributed by atoms with van der Waals surface area (Å²) < 4.78 is 5.19. The molecule has 0 heterocycles. The van der Waals surface area contributed by atoms with E-state index in [4.69, 9.17) is 10.5 Å². The Morgan fingerprint density at radius 1 is 1.80 bits per heavy atom. The molecule has 2 nitrogen and oxygen atoms in total. The summed E-state index contributed by atoms with van der Waals surface area (Å²) in [5, 5.41) is 0. The maximum Gasteiger partial charge on any atom is 0.0727 e. The third-order valence-corrected chi connectivity index (χ3v) is 2.16. The van der Waals surface area contributed by atoms with Crippen LogP contribution in [-0.2, 0) is 4.74 Å². The maximum atomic E-state index is 5.48.